The van der Waals surface area contributed by atoms with E-state index in [4.69, 9.17) is 0 Å². The van der Waals surface area contributed by atoms with Gasteiger partial charge >= 0.3 is 0 Å². The molecule has 1 aromatic heterocycles. The number of nitrogens with one attached hydrogen (secondary N) is 2. The van der Waals surface area contributed by atoms with Gasteiger partial charge < -0.3 is 10.6 Å². The van der Waals surface area contributed by atoms with Crippen molar-refractivity contribution in [3.63, 3.8) is 0 Å². The molecular formula is C10H16ClN3OS. The Bertz CT molecular complexity index is 350. The number of halogens is 1. The second-order valence-electron chi connectivity index (χ2n) is 3.77. The van der Waals surface area contributed by atoms with Gasteiger partial charge in [-0.1, -0.05) is 6.42 Å². The lowest BCUT2D eigenvalue weighted by Gasteiger charge is -2.21. The van der Waals surface area contributed by atoms with Crippen molar-refractivity contribution >= 4 is 34.8 Å². The first kappa shape index (κ1) is 13.4. The Labute approximate surface area is 105 Å². The van der Waals surface area contributed by atoms with E-state index in [-0.39, 0.29) is 24.4 Å². The Balaban J connectivity index is 0.00000128. The maximum Gasteiger partial charge on any atom is 0.243 e. The van der Waals surface area contributed by atoms with E-state index in [9.17, 15) is 4.79 Å². The third-order valence-electron chi connectivity index (χ3n) is 2.48. The predicted octanol–water partition coefficient (Wildman–Crippen LogP) is 1.95. The van der Waals surface area contributed by atoms with Crippen molar-refractivity contribution in [2.45, 2.75) is 32.2 Å². The van der Waals surface area contributed by atoms with Gasteiger partial charge in [-0.2, -0.15) is 0 Å². The number of rotatable bonds is 2. The summed E-state index contributed by atoms with van der Waals surface area (Å²) < 4.78 is 0. The molecule has 2 heterocycles. The molecule has 1 amide bonds. The maximum absolute atomic E-state index is 11.8. The number of aromatic nitrogens is 1. The lowest BCUT2D eigenvalue weighted by molar-refractivity contribution is -0.118. The highest BCUT2D eigenvalue weighted by atomic mass is 35.5. The van der Waals surface area contributed by atoms with Gasteiger partial charge in [0.05, 0.1) is 6.04 Å². The van der Waals surface area contributed by atoms with Gasteiger partial charge in [0.25, 0.3) is 0 Å². The van der Waals surface area contributed by atoms with Crippen LogP contribution in [0.15, 0.2) is 6.20 Å². The third-order valence-corrected chi connectivity index (χ3v) is 3.31. The Kier molecular flexibility index (Phi) is 5.18. The molecule has 1 aliphatic rings. The number of anilines is 1. The minimum absolute atomic E-state index is 0. The number of carbonyl (C=O) groups is 1. The van der Waals surface area contributed by atoms with Gasteiger partial charge in [-0.05, 0) is 26.3 Å². The van der Waals surface area contributed by atoms with Crippen LogP contribution in [0.4, 0.5) is 5.13 Å². The van der Waals surface area contributed by atoms with Crippen molar-refractivity contribution < 1.29 is 4.79 Å². The molecule has 0 bridgehead atoms. The molecule has 90 valence electrons. The van der Waals surface area contributed by atoms with Gasteiger partial charge in [-0.25, -0.2) is 4.98 Å². The Morgan fingerprint density at radius 1 is 1.62 bits per heavy atom. The molecule has 0 spiro atoms. The normalized spacial score (nSPS) is 19.9. The highest BCUT2D eigenvalue weighted by Crippen LogP contribution is 2.17. The lowest BCUT2D eigenvalue weighted by Crippen LogP contribution is -2.43. The first-order chi connectivity index (χ1) is 7.25. The van der Waals surface area contributed by atoms with Crippen LogP contribution in [0.3, 0.4) is 0 Å². The highest BCUT2D eigenvalue weighted by molar-refractivity contribution is 7.15. The number of thiazole rings is 1. The summed E-state index contributed by atoms with van der Waals surface area (Å²) in [4.78, 5) is 17.0. The fraction of sp³-hybridized carbons (Fsp3) is 0.600. The molecular weight excluding hydrogens is 246 g/mol. The quantitative estimate of drug-likeness (QED) is 0.856. The average molecular weight is 262 g/mol. The fourth-order valence-electron chi connectivity index (χ4n) is 1.68. The number of amides is 1. The van der Waals surface area contributed by atoms with Gasteiger partial charge in [0.2, 0.25) is 5.91 Å². The van der Waals surface area contributed by atoms with Gasteiger partial charge in [0.1, 0.15) is 0 Å². The molecule has 1 fully saturated rings. The molecule has 4 nitrogen and oxygen atoms in total. The van der Waals surface area contributed by atoms with Crippen LogP contribution in [-0.2, 0) is 4.79 Å². The Morgan fingerprint density at radius 3 is 3.00 bits per heavy atom. The molecule has 6 heteroatoms. The maximum atomic E-state index is 11.8. The van der Waals surface area contributed by atoms with Gasteiger partial charge in [0, 0.05) is 11.1 Å². The zero-order valence-corrected chi connectivity index (χ0v) is 10.8. The minimum Gasteiger partial charge on any atom is -0.306 e. The number of carbonyl (C=O) groups excluding carboxylic acids is 1. The van der Waals surface area contributed by atoms with E-state index < -0.39 is 0 Å². The summed E-state index contributed by atoms with van der Waals surface area (Å²) >= 11 is 1.51. The lowest BCUT2D eigenvalue weighted by atomic mass is 10.0. The van der Waals surface area contributed by atoms with Crippen LogP contribution in [0, 0.1) is 6.92 Å². The molecule has 1 atom stereocenters. The van der Waals surface area contributed by atoms with Gasteiger partial charge in [-0.15, -0.1) is 23.7 Å². The van der Waals surface area contributed by atoms with E-state index in [1.54, 1.807) is 6.20 Å². The monoisotopic (exact) mass is 261 g/mol. The van der Waals surface area contributed by atoms with E-state index in [0.717, 1.165) is 24.3 Å². The molecule has 0 saturated carbocycles. The van der Waals surface area contributed by atoms with Crippen LogP contribution in [0.25, 0.3) is 0 Å². The van der Waals surface area contributed by atoms with Crippen LogP contribution in [0.1, 0.15) is 24.1 Å². The van der Waals surface area contributed by atoms with Crippen molar-refractivity contribution in [1.82, 2.24) is 10.3 Å². The van der Waals surface area contributed by atoms with E-state index in [1.807, 2.05) is 6.92 Å². The molecule has 1 saturated heterocycles. The first-order valence-corrected chi connectivity index (χ1v) is 6.04. The number of hydrogen-bond acceptors (Lipinski definition) is 4. The molecule has 1 aliphatic heterocycles. The molecule has 0 unspecified atom stereocenters. The Morgan fingerprint density at radius 2 is 2.44 bits per heavy atom. The first-order valence-electron chi connectivity index (χ1n) is 5.22. The molecule has 2 rings (SSSR count). The largest absolute Gasteiger partial charge is 0.306 e. The number of piperidine rings is 1. The molecule has 2 N–H and O–H groups in total. The average Bonchev–Trinajstić information content (AvgIpc) is 2.65. The second-order valence-corrected chi connectivity index (χ2v) is 5.00. The minimum atomic E-state index is -0.0389. The summed E-state index contributed by atoms with van der Waals surface area (Å²) in [6, 6.07) is -0.0389. The van der Waals surface area contributed by atoms with Crippen molar-refractivity contribution in [3.8, 4) is 0 Å². The van der Waals surface area contributed by atoms with Crippen LogP contribution >= 0.6 is 23.7 Å². The summed E-state index contributed by atoms with van der Waals surface area (Å²) in [6.07, 6.45) is 4.99. The molecule has 0 aliphatic carbocycles. The summed E-state index contributed by atoms with van der Waals surface area (Å²) in [5, 5.41) is 6.75. The Hall–Kier alpha value is -0.650. The smallest absolute Gasteiger partial charge is 0.243 e. The van der Waals surface area contributed by atoms with E-state index in [2.05, 4.69) is 15.6 Å². The van der Waals surface area contributed by atoms with Crippen LogP contribution in [0.5, 0.6) is 0 Å². The standard InChI is InChI=1S/C10H15N3OS.ClH/c1-7-6-12-10(15-7)13-9(14)8-4-2-3-5-11-8;/h6,8,11H,2-5H2,1H3,(H,12,13,14);1H/t8-;/m0./s1. The molecule has 0 aromatic carbocycles. The molecule has 16 heavy (non-hydrogen) atoms. The van der Waals surface area contributed by atoms with Gasteiger partial charge in [-0.3, -0.25) is 4.79 Å². The van der Waals surface area contributed by atoms with Crippen molar-refractivity contribution in [2.24, 2.45) is 0 Å². The zero-order chi connectivity index (χ0) is 10.7. The van der Waals surface area contributed by atoms with E-state index in [0.29, 0.717) is 5.13 Å². The second kappa shape index (κ2) is 6.18. The molecule has 1 aromatic rings. The van der Waals surface area contributed by atoms with Crippen molar-refractivity contribution in [2.75, 3.05) is 11.9 Å². The van der Waals surface area contributed by atoms with E-state index >= 15 is 0 Å². The van der Waals surface area contributed by atoms with Crippen molar-refractivity contribution in [3.05, 3.63) is 11.1 Å². The summed E-state index contributed by atoms with van der Waals surface area (Å²) in [5.74, 6) is 0.0454. The third kappa shape index (κ3) is 3.43. The van der Waals surface area contributed by atoms with Crippen LogP contribution in [-0.4, -0.2) is 23.5 Å². The number of hydrogen-bond donors (Lipinski definition) is 2. The topological polar surface area (TPSA) is 54.0 Å². The summed E-state index contributed by atoms with van der Waals surface area (Å²) in [5.41, 5.74) is 0. The van der Waals surface area contributed by atoms with Crippen LogP contribution < -0.4 is 10.6 Å². The van der Waals surface area contributed by atoms with Gasteiger partial charge in [0.15, 0.2) is 5.13 Å². The number of nitrogens with zero attached hydrogens (tertiary/aromatic N) is 1. The predicted molar refractivity (Wildman–Crippen MR) is 68.4 cm³/mol. The molecule has 0 radical (unpaired) electrons. The van der Waals surface area contributed by atoms with Crippen molar-refractivity contribution in [1.29, 1.82) is 0 Å². The summed E-state index contributed by atoms with van der Waals surface area (Å²) in [6.45, 7) is 2.92. The highest BCUT2D eigenvalue weighted by Gasteiger charge is 2.20. The zero-order valence-electron chi connectivity index (χ0n) is 9.16. The summed E-state index contributed by atoms with van der Waals surface area (Å²) in [7, 11) is 0. The fourth-order valence-corrected chi connectivity index (χ4v) is 2.35. The van der Waals surface area contributed by atoms with E-state index in [1.165, 1.54) is 17.8 Å². The van der Waals surface area contributed by atoms with Crippen LogP contribution in [0.2, 0.25) is 0 Å². The SMILES string of the molecule is Cc1cnc(NC(=O)[C@@H]2CCCCN2)s1.Cl. The number of aryl methyl sites for hydroxylation is 1.